The number of carbonyl (C=O) groups is 2. The third kappa shape index (κ3) is 2.81. The van der Waals surface area contributed by atoms with Gasteiger partial charge >= 0.3 is 11.9 Å². The van der Waals surface area contributed by atoms with E-state index < -0.39 is 46.3 Å². The monoisotopic (exact) mass is 362 g/mol. The zero-order valence-corrected chi connectivity index (χ0v) is 13.5. The van der Waals surface area contributed by atoms with Crippen molar-refractivity contribution in [2.24, 2.45) is 23.7 Å². The van der Waals surface area contributed by atoms with Gasteiger partial charge in [0.25, 0.3) is 10.1 Å². The van der Waals surface area contributed by atoms with Crippen LogP contribution in [0.5, 0.6) is 0 Å². The van der Waals surface area contributed by atoms with E-state index >= 15 is 0 Å². The summed E-state index contributed by atoms with van der Waals surface area (Å²) >= 11 is 0. The molecule has 0 amide bonds. The lowest BCUT2D eigenvalue weighted by Gasteiger charge is -2.30. The van der Waals surface area contributed by atoms with Crippen molar-refractivity contribution in [2.45, 2.75) is 24.7 Å². The summed E-state index contributed by atoms with van der Waals surface area (Å²) in [6, 6.07) is 0. The smallest absolute Gasteiger partial charge is 0.310 e. The fraction of sp³-hybridized carbons (Fsp3) is 0.857. The summed E-state index contributed by atoms with van der Waals surface area (Å²) in [5, 5.41) is 0. The van der Waals surface area contributed by atoms with Gasteiger partial charge in [-0.05, 0) is 6.42 Å². The maximum Gasteiger partial charge on any atom is 0.310 e. The largest absolute Gasteiger partial charge is 0.464 e. The second kappa shape index (κ2) is 5.65. The molecule has 0 aromatic rings. The molecule has 7 unspecified atom stereocenters. The SMILES string of the molecule is O=C(OCCS(=O)(=O)O)C1C2CC3C(OC(=O)C31)C2OCC1CO1. The highest BCUT2D eigenvalue weighted by molar-refractivity contribution is 7.85. The molecule has 2 saturated heterocycles. The Balaban J connectivity index is 1.44. The Kier molecular flexibility index (Phi) is 3.83. The first-order chi connectivity index (χ1) is 11.3. The summed E-state index contributed by atoms with van der Waals surface area (Å²) in [7, 11) is -4.20. The van der Waals surface area contributed by atoms with Gasteiger partial charge in [-0.25, -0.2) is 0 Å². The number of hydrogen-bond donors (Lipinski definition) is 1. The highest BCUT2D eigenvalue weighted by atomic mass is 32.2. The summed E-state index contributed by atoms with van der Waals surface area (Å²) in [6.45, 7) is 0.602. The molecule has 0 radical (unpaired) electrons. The van der Waals surface area contributed by atoms with Gasteiger partial charge in [0.2, 0.25) is 0 Å². The van der Waals surface area contributed by atoms with Gasteiger partial charge in [-0.15, -0.1) is 0 Å². The minimum absolute atomic E-state index is 0.0632. The van der Waals surface area contributed by atoms with Gasteiger partial charge in [0, 0.05) is 11.8 Å². The van der Waals surface area contributed by atoms with Crippen molar-refractivity contribution in [3.05, 3.63) is 0 Å². The van der Waals surface area contributed by atoms with Crippen molar-refractivity contribution < 1.29 is 41.5 Å². The first-order valence-electron chi connectivity index (χ1n) is 7.90. The first kappa shape index (κ1) is 16.2. The van der Waals surface area contributed by atoms with Crippen molar-refractivity contribution in [1.29, 1.82) is 0 Å². The molecular weight excluding hydrogens is 344 g/mol. The van der Waals surface area contributed by atoms with Gasteiger partial charge in [-0.3, -0.25) is 14.1 Å². The molecule has 7 atom stereocenters. The molecule has 134 valence electrons. The number of carbonyl (C=O) groups excluding carboxylic acids is 2. The Morgan fingerprint density at radius 3 is 2.75 bits per heavy atom. The van der Waals surface area contributed by atoms with E-state index in [1.807, 2.05) is 0 Å². The second-order valence-corrected chi connectivity index (χ2v) is 8.30. The lowest BCUT2D eigenvalue weighted by Crippen LogP contribution is -2.43. The Hall–Kier alpha value is -1.23. The lowest BCUT2D eigenvalue weighted by molar-refractivity contribution is -0.156. The van der Waals surface area contributed by atoms with Crippen molar-refractivity contribution in [3.8, 4) is 0 Å². The van der Waals surface area contributed by atoms with Gasteiger partial charge in [-0.2, -0.15) is 8.42 Å². The highest BCUT2D eigenvalue weighted by Gasteiger charge is 2.69. The molecule has 4 rings (SSSR count). The standard InChI is InChI=1S/C14H18O9S/c15-13(20-1-2-24(17,18)19)9-7-3-8-10(9)14(16)23-12(8)11(7)22-5-6-4-21-6/h6-12H,1-5H2,(H,17,18,19). The highest BCUT2D eigenvalue weighted by Crippen LogP contribution is 2.59. The molecule has 24 heavy (non-hydrogen) atoms. The van der Waals surface area contributed by atoms with Crippen molar-refractivity contribution in [3.63, 3.8) is 0 Å². The zero-order valence-electron chi connectivity index (χ0n) is 12.7. The van der Waals surface area contributed by atoms with E-state index in [-0.39, 0.29) is 30.1 Å². The van der Waals surface area contributed by atoms with Crippen molar-refractivity contribution >= 4 is 22.1 Å². The number of fused-ring (bicyclic) bond motifs is 1. The molecule has 2 bridgehead atoms. The Morgan fingerprint density at radius 1 is 1.33 bits per heavy atom. The maximum atomic E-state index is 12.4. The van der Waals surface area contributed by atoms with Crippen LogP contribution in [-0.4, -0.2) is 68.8 Å². The van der Waals surface area contributed by atoms with Crippen LogP contribution in [0.2, 0.25) is 0 Å². The lowest BCUT2D eigenvalue weighted by atomic mass is 9.78. The average molecular weight is 362 g/mol. The molecule has 0 spiro atoms. The summed E-state index contributed by atoms with van der Waals surface area (Å²) in [5.41, 5.74) is 0. The van der Waals surface area contributed by atoms with E-state index in [4.69, 9.17) is 23.5 Å². The Morgan fingerprint density at radius 2 is 2.08 bits per heavy atom. The summed E-state index contributed by atoms with van der Waals surface area (Å²) in [4.78, 5) is 24.5. The quantitative estimate of drug-likeness (QED) is 0.345. The maximum absolute atomic E-state index is 12.4. The van der Waals surface area contributed by atoms with Gasteiger partial charge in [0.05, 0.1) is 31.2 Å². The number of epoxide rings is 1. The van der Waals surface area contributed by atoms with Crippen LogP contribution in [0.4, 0.5) is 0 Å². The number of esters is 2. The molecule has 9 nitrogen and oxygen atoms in total. The van der Waals surface area contributed by atoms with Crippen LogP contribution in [-0.2, 0) is 38.7 Å². The van der Waals surface area contributed by atoms with E-state index in [1.165, 1.54) is 0 Å². The molecule has 10 heteroatoms. The van der Waals surface area contributed by atoms with Gasteiger partial charge in [0.15, 0.2) is 0 Å². The Labute approximate surface area is 138 Å². The summed E-state index contributed by atoms with van der Waals surface area (Å²) < 4.78 is 51.4. The number of ether oxygens (including phenoxy) is 4. The molecule has 2 aliphatic heterocycles. The average Bonchev–Trinajstić information content (AvgIpc) is 3.06. The van der Waals surface area contributed by atoms with Crippen molar-refractivity contribution in [1.82, 2.24) is 0 Å². The molecular formula is C14H18O9S. The summed E-state index contributed by atoms with van der Waals surface area (Å²) in [6.07, 6.45) is 0.0290. The Bertz CT molecular complexity index is 655. The molecule has 4 fully saturated rings. The van der Waals surface area contributed by atoms with E-state index in [0.29, 0.717) is 19.6 Å². The molecule has 0 aromatic carbocycles. The fourth-order valence-electron chi connectivity index (χ4n) is 4.26. The van der Waals surface area contributed by atoms with Gasteiger partial charge in [0.1, 0.15) is 24.6 Å². The minimum Gasteiger partial charge on any atom is -0.464 e. The predicted molar refractivity (Wildman–Crippen MR) is 75.3 cm³/mol. The van der Waals surface area contributed by atoms with E-state index in [9.17, 15) is 18.0 Å². The number of rotatable bonds is 7. The minimum atomic E-state index is -4.20. The molecule has 2 aliphatic carbocycles. The summed E-state index contributed by atoms with van der Waals surface area (Å²) in [5.74, 6) is -3.21. The topological polar surface area (TPSA) is 129 Å². The van der Waals surface area contributed by atoms with Crippen molar-refractivity contribution in [2.75, 3.05) is 25.6 Å². The van der Waals surface area contributed by atoms with Crippen LogP contribution in [0, 0.1) is 23.7 Å². The molecule has 0 aromatic heterocycles. The van der Waals surface area contributed by atoms with E-state index in [2.05, 4.69) is 0 Å². The van der Waals surface area contributed by atoms with E-state index in [0.717, 1.165) is 0 Å². The number of hydrogen-bond acceptors (Lipinski definition) is 8. The molecule has 2 saturated carbocycles. The van der Waals surface area contributed by atoms with Crippen LogP contribution in [0.15, 0.2) is 0 Å². The van der Waals surface area contributed by atoms with Crippen LogP contribution < -0.4 is 0 Å². The van der Waals surface area contributed by atoms with Crippen LogP contribution in [0.25, 0.3) is 0 Å². The first-order valence-corrected chi connectivity index (χ1v) is 9.51. The normalized spacial score (nSPS) is 42.2. The zero-order chi connectivity index (χ0) is 17.1. The van der Waals surface area contributed by atoms with Gasteiger partial charge < -0.3 is 18.9 Å². The third-order valence-electron chi connectivity index (χ3n) is 5.28. The van der Waals surface area contributed by atoms with Crippen LogP contribution in [0.3, 0.4) is 0 Å². The predicted octanol–water partition coefficient (Wildman–Crippen LogP) is -0.991. The van der Waals surface area contributed by atoms with Crippen LogP contribution in [0.1, 0.15) is 6.42 Å². The second-order valence-electron chi connectivity index (χ2n) is 6.72. The van der Waals surface area contributed by atoms with E-state index in [1.54, 1.807) is 0 Å². The third-order valence-corrected chi connectivity index (χ3v) is 5.96. The molecule has 1 N–H and O–H groups in total. The molecule has 4 aliphatic rings. The van der Waals surface area contributed by atoms with Gasteiger partial charge in [-0.1, -0.05) is 0 Å². The fourth-order valence-corrected chi connectivity index (χ4v) is 4.55. The van der Waals surface area contributed by atoms with Crippen LogP contribution >= 0.6 is 0 Å². The molecule has 2 heterocycles.